The molecular formula is C22H36N4O4. The average molecular weight is 421 g/mol. The lowest BCUT2D eigenvalue weighted by molar-refractivity contribution is -0.127. The highest BCUT2D eigenvalue weighted by Crippen LogP contribution is 2.21. The molecule has 2 rings (SSSR count). The summed E-state index contributed by atoms with van der Waals surface area (Å²) in [6.07, 6.45) is 3.50. The van der Waals surface area contributed by atoms with E-state index in [1.807, 2.05) is 25.1 Å². The van der Waals surface area contributed by atoms with Crippen LogP contribution >= 0.6 is 0 Å². The second-order valence-corrected chi connectivity index (χ2v) is 7.63. The standard InChI is InChI=1S/C22H36N4O4/c1-17-8-9-18(20(13-17)30-12-11-28-4)14-23-22(25-16-21(27)26(2)3)24-15-19-7-5-6-10-29-19/h8-9,13,19H,5-7,10-12,14-16H2,1-4H3,(H2,23,24,25). The van der Waals surface area contributed by atoms with Crippen LogP contribution in [0.25, 0.3) is 0 Å². The van der Waals surface area contributed by atoms with Crippen molar-refractivity contribution in [2.45, 2.75) is 38.8 Å². The Balaban J connectivity index is 2.04. The molecule has 1 aliphatic heterocycles. The number of rotatable bonds is 10. The molecule has 1 fully saturated rings. The van der Waals surface area contributed by atoms with E-state index in [-0.39, 0.29) is 18.6 Å². The fourth-order valence-corrected chi connectivity index (χ4v) is 3.00. The average Bonchev–Trinajstić information content (AvgIpc) is 2.74. The molecule has 8 heteroatoms. The van der Waals surface area contributed by atoms with Gasteiger partial charge in [-0.25, -0.2) is 4.99 Å². The third-order valence-corrected chi connectivity index (χ3v) is 4.85. The molecule has 0 saturated carbocycles. The first-order chi connectivity index (χ1) is 14.5. The lowest BCUT2D eigenvalue weighted by Gasteiger charge is -2.24. The number of hydrogen-bond acceptors (Lipinski definition) is 5. The molecule has 1 aromatic rings. The van der Waals surface area contributed by atoms with E-state index in [1.54, 1.807) is 26.1 Å². The Bertz CT molecular complexity index is 688. The predicted octanol–water partition coefficient (Wildman–Crippen LogP) is 1.71. The number of benzene rings is 1. The topological polar surface area (TPSA) is 84.4 Å². The monoisotopic (exact) mass is 420 g/mol. The lowest BCUT2D eigenvalue weighted by atomic mass is 10.1. The van der Waals surface area contributed by atoms with Crippen molar-refractivity contribution in [3.8, 4) is 5.75 Å². The van der Waals surface area contributed by atoms with Gasteiger partial charge in [-0.3, -0.25) is 4.79 Å². The van der Waals surface area contributed by atoms with Crippen LogP contribution in [0.5, 0.6) is 5.75 Å². The number of nitrogens with zero attached hydrogens (tertiary/aromatic N) is 2. The van der Waals surface area contributed by atoms with Crippen molar-refractivity contribution >= 4 is 11.9 Å². The van der Waals surface area contributed by atoms with Gasteiger partial charge < -0.3 is 29.7 Å². The highest BCUT2D eigenvalue weighted by Gasteiger charge is 2.15. The van der Waals surface area contributed by atoms with Gasteiger partial charge in [0, 0.05) is 39.9 Å². The molecule has 30 heavy (non-hydrogen) atoms. The van der Waals surface area contributed by atoms with Crippen LogP contribution in [0.3, 0.4) is 0 Å². The molecule has 1 saturated heterocycles. The molecule has 1 heterocycles. The zero-order valence-corrected chi connectivity index (χ0v) is 18.7. The number of nitrogens with one attached hydrogen (secondary N) is 2. The van der Waals surface area contributed by atoms with Gasteiger partial charge in [-0.1, -0.05) is 12.1 Å². The van der Waals surface area contributed by atoms with E-state index >= 15 is 0 Å². The summed E-state index contributed by atoms with van der Waals surface area (Å²) in [5.74, 6) is 1.37. The number of carbonyl (C=O) groups excluding carboxylic acids is 1. The Labute approximate surface area is 180 Å². The normalized spacial score (nSPS) is 16.8. The number of carbonyl (C=O) groups is 1. The van der Waals surface area contributed by atoms with Crippen molar-refractivity contribution < 1.29 is 19.0 Å². The van der Waals surface area contributed by atoms with Crippen molar-refractivity contribution in [2.24, 2.45) is 4.99 Å². The Kier molecular flexibility index (Phi) is 10.4. The number of ether oxygens (including phenoxy) is 3. The van der Waals surface area contributed by atoms with Gasteiger partial charge in [0.15, 0.2) is 5.96 Å². The zero-order valence-electron chi connectivity index (χ0n) is 18.7. The second-order valence-electron chi connectivity index (χ2n) is 7.63. The van der Waals surface area contributed by atoms with Crippen LogP contribution < -0.4 is 15.4 Å². The van der Waals surface area contributed by atoms with Gasteiger partial charge in [0.25, 0.3) is 0 Å². The highest BCUT2D eigenvalue weighted by molar-refractivity contribution is 5.86. The number of amides is 1. The Morgan fingerprint density at radius 1 is 1.27 bits per heavy atom. The van der Waals surface area contributed by atoms with Crippen molar-refractivity contribution in [1.82, 2.24) is 15.5 Å². The summed E-state index contributed by atoms with van der Waals surface area (Å²) < 4.78 is 16.7. The maximum atomic E-state index is 12.0. The Hall–Kier alpha value is -2.32. The molecule has 0 spiro atoms. The van der Waals surface area contributed by atoms with Crippen molar-refractivity contribution in [1.29, 1.82) is 0 Å². The quantitative estimate of drug-likeness (QED) is 0.341. The number of likely N-dealkylation sites (N-methyl/N-ethyl adjacent to an activating group) is 1. The van der Waals surface area contributed by atoms with Gasteiger partial charge in [-0.15, -0.1) is 0 Å². The van der Waals surface area contributed by atoms with Gasteiger partial charge in [-0.05, 0) is 37.8 Å². The number of guanidine groups is 1. The van der Waals surface area contributed by atoms with E-state index in [4.69, 9.17) is 14.2 Å². The fourth-order valence-electron chi connectivity index (χ4n) is 3.00. The summed E-state index contributed by atoms with van der Waals surface area (Å²) in [6.45, 7) is 5.11. The molecule has 0 aromatic heterocycles. The van der Waals surface area contributed by atoms with E-state index < -0.39 is 0 Å². The molecule has 1 aliphatic rings. The Morgan fingerprint density at radius 2 is 2.10 bits per heavy atom. The molecule has 1 unspecified atom stereocenters. The van der Waals surface area contributed by atoms with Gasteiger partial charge in [0.2, 0.25) is 5.91 Å². The van der Waals surface area contributed by atoms with Crippen LogP contribution in [-0.2, 0) is 20.8 Å². The smallest absolute Gasteiger partial charge is 0.241 e. The maximum Gasteiger partial charge on any atom is 0.241 e. The number of aryl methyl sites for hydroxylation is 1. The molecule has 2 N–H and O–H groups in total. The fraction of sp³-hybridized carbons (Fsp3) is 0.636. The van der Waals surface area contributed by atoms with Crippen molar-refractivity contribution in [3.05, 3.63) is 29.3 Å². The van der Waals surface area contributed by atoms with Gasteiger partial charge in [-0.2, -0.15) is 0 Å². The number of methoxy groups -OCH3 is 1. The van der Waals surface area contributed by atoms with E-state index in [0.29, 0.717) is 32.3 Å². The number of aliphatic imine (C=N–C) groups is 1. The molecule has 1 amide bonds. The van der Waals surface area contributed by atoms with Crippen LogP contribution in [0, 0.1) is 6.92 Å². The molecule has 168 valence electrons. The highest BCUT2D eigenvalue weighted by atomic mass is 16.5. The van der Waals surface area contributed by atoms with Gasteiger partial charge in [0.05, 0.1) is 25.8 Å². The number of hydrogen-bond donors (Lipinski definition) is 2. The maximum absolute atomic E-state index is 12.0. The third kappa shape index (κ3) is 8.59. The van der Waals surface area contributed by atoms with E-state index in [9.17, 15) is 4.79 Å². The molecule has 1 aromatic carbocycles. The summed E-state index contributed by atoms with van der Waals surface area (Å²) >= 11 is 0. The van der Waals surface area contributed by atoms with Gasteiger partial charge >= 0.3 is 0 Å². The zero-order chi connectivity index (χ0) is 21.8. The van der Waals surface area contributed by atoms with Crippen LogP contribution in [0.1, 0.15) is 30.4 Å². The molecule has 8 nitrogen and oxygen atoms in total. The molecular weight excluding hydrogens is 384 g/mol. The first-order valence-corrected chi connectivity index (χ1v) is 10.5. The minimum absolute atomic E-state index is 0.0164. The first kappa shape index (κ1) is 24.0. The van der Waals surface area contributed by atoms with Crippen molar-refractivity contribution in [2.75, 3.05) is 54.1 Å². The van der Waals surface area contributed by atoms with Crippen LogP contribution in [0.2, 0.25) is 0 Å². The summed E-state index contributed by atoms with van der Waals surface area (Å²) in [5, 5.41) is 6.44. The predicted molar refractivity (Wildman–Crippen MR) is 118 cm³/mol. The minimum Gasteiger partial charge on any atom is -0.491 e. The van der Waals surface area contributed by atoms with Crippen LogP contribution in [-0.4, -0.2) is 77.0 Å². The molecule has 1 atom stereocenters. The third-order valence-electron chi connectivity index (χ3n) is 4.85. The van der Waals surface area contributed by atoms with Gasteiger partial charge in [0.1, 0.15) is 12.4 Å². The van der Waals surface area contributed by atoms with E-state index in [1.165, 1.54) is 6.42 Å². The SMILES string of the molecule is COCCOc1cc(C)ccc1CN=C(NCC(=O)N(C)C)NCC1CCCCO1. The van der Waals surface area contributed by atoms with Crippen molar-refractivity contribution in [3.63, 3.8) is 0 Å². The van der Waals surface area contributed by atoms with Crippen LogP contribution in [0.4, 0.5) is 0 Å². The summed E-state index contributed by atoms with van der Waals surface area (Å²) in [7, 11) is 5.12. The second kappa shape index (κ2) is 13.1. The summed E-state index contributed by atoms with van der Waals surface area (Å²) in [4.78, 5) is 18.2. The summed E-state index contributed by atoms with van der Waals surface area (Å²) in [5.41, 5.74) is 2.10. The lowest BCUT2D eigenvalue weighted by Crippen LogP contribution is -2.45. The Morgan fingerprint density at radius 3 is 2.80 bits per heavy atom. The molecule has 0 bridgehead atoms. The van der Waals surface area contributed by atoms with E-state index in [0.717, 1.165) is 36.3 Å². The summed E-state index contributed by atoms with van der Waals surface area (Å²) in [6, 6.07) is 6.07. The van der Waals surface area contributed by atoms with Crippen LogP contribution in [0.15, 0.2) is 23.2 Å². The minimum atomic E-state index is -0.0164. The first-order valence-electron chi connectivity index (χ1n) is 10.5. The molecule has 0 aliphatic carbocycles. The van der Waals surface area contributed by atoms with E-state index in [2.05, 4.69) is 15.6 Å². The largest absolute Gasteiger partial charge is 0.491 e. The molecule has 0 radical (unpaired) electrons.